The molecule has 6 nitrogen and oxygen atoms in total. The molecular formula is C21H27ClN5OP. The van der Waals surface area contributed by atoms with Crippen LogP contribution in [0, 0.1) is 11.8 Å². The zero-order valence-corrected chi connectivity index (χ0v) is 18.7. The number of fused-ring (bicyclic) bond motifs is 2. The first kappa shape index (κ1) is 20.4. The molecule has 1 saturated carbocycles. The van der Waals surface area contributed by atoms with Gasteiger partial charge in [-0.2, -0.15) is 15.0 Å². The highest BCUT2D eigenvalue weighted by molar-refractivity contribution is 7.70. The van der Waals surface area contributed by atoms with Crippen molar-refractivity contribution in [1.82, 2.24) is 15.0 Å². The number of hydrogen-bond donors (Lipinski definition) is 2. The summed E-state index contributed by atoms with van der Waals surface area (Å²) >= 11 is 6.11. The fraction of sp³-hybridized carbons (Fsp3) is 0.476. The van der Waals surface area contributed by atoms with Gasteiger partial charge >= 0.3 is 0 Å². The van der Waals surface area contributed by atoms with E-state index in [1.165, 1.54) is 31.3 Å². The van der Waals surface area contributed by atoms with Crippen molar-refractivity contribution in [1.29, 1.82) is 0 Å². The van der Waals surface area contributed by atoms with Gasteiger partial charge in [-0.05, 0) is 86.7 Å². The molecule has 2 aromatic rings. The lowest BCUT2D eigenvalue weighted by Crippen LogP contribution is -2.10. The van der Waals surface area contributed by atoms with Crippen molar-refractivity contribution in [3.05, 3.63) is 40.7 Å². The van der Waals surface area contributed by atoms with E-state index in [0.717, 1.165) is 29.4 Å². The van der Waals surface area contributed by atoms with Gasteiger partial charge in [-0.1, -0.05) is 18.1 Å². The van der Waals surface area contributed by atoms with E-state index in [2.05, 4.69) is 32.5 Å². The Morgan fingerprint density at radius 1 is 1.07 bits per heavy atom. The summed E-state index contributed by atoms with van der Waals surface area (Å²) in [6.07, 6.45) is 4.99. The van der Waals surface area contributed by atoms with Gasteiger partial charge in [0, 0.05) is 17.5 Å². The van der Waals surface area contributed by atoms with E-state index in [1.54, 1.807) is 18.9 Å². The van der Waals surface area contributed by atoms with E-state index in [-0.39, 0.29) is 5.28 Å². The van der Waals surface area contributed by atoms with Gasteiger partial charge in [-0.25, -0.2) is 0 Å². The number of hydrogen-bond acceptors (Lipinski definition) is 6. The van der Waals surface area contributed by atoms with Crippen molar-refractivity contribution in [3.63, 3.8) is 0 Å². The second-order valence-electron chi connectivity index (χ2n) is 8.65. The van der Waals surface area contributed by atoms with Crippen LogP contribution in [0.2, 0.25) is 5.28 Å². The zero-order valence-electron chi connectivity index (χ0n) is 17.1. The molecule has 1 aromatic heterocycles. The Morgan fingerprint density at radius 3 is 2.52 bits per heavy atom. The molecule has 2 aliphatic carbocycles. The average molecular weight is 432 g/mol. The van der Waals surface area contributed by atoms with Gasteiger partial charge in [-0.15, -0.1) is 0 Å². The van der Waals surface area contributed by atoms with Crippen LogP contribution in [-0.4, -0.2) is 34.8 Å². The highest BCUT2D eigenvalue weighted by Gasteiger charge is 2.30. The molecule has 2 N–H and O–H groups in total. The predicted molar refractivity (Wildman–Crippen MR) is 120 cm³/mol. The molecule has 0 saturated heterocycles. The predicted octanol–water partition coefficient (Wildman–Crippen LogP) is 5.07. The van der Waals surface area contributed by atoms with Crippen LogP contribution in [0.15, 0.2) is 35.4 Å². The van der Waals surface area contributed by atoms with Gasteiger partial charge < -0.3 is 15.2 Å². The molecule has 8 heteroatoms. The molecular weight excluding hydrogens is 405 g/mol. The lowest BCUT2D eigenvalue weighted by atomic mass is 9.84. The van der Waals surface area contributed by atoms with E-state index in [0.29, 0.717) is 11.9 Å². The van der Waals surface area contributed by atoms with Crippen molar-refractivity contribution in [2.75, 3.05) is 30.5 Å². The Balaban J connectivity index is 1.44. The lowest BCUT2D eigenvalue weighted by Gasteiger charge is -2.22. The largest absolute Gasteiger partial charge is 0.350 e. The Hall–Kier alpha value is -1.91. The van der Waals surface area contributed by atoms with E-state index < -0.39 is 7.14 Å². The van der Waals surface area contributed by atoms with E-state index in [9.17, 15) is 4.57 Å². The number of allylic oxidation sites excluding steroid dienone is 1. The zero-order chi connectivity index (χ0) is 20.6. The average Bonchev–Trinajstić information content (AvgIpc) is 2.93. The van der Waals surface area contributed by atoms with Gasteiger partial charge in [0.2, 0.25) is 17.2 Å². The highest BCUT2D eigenvalue weighted by Crippen LogP contribution is 2.44. The minimum absolute atomic E-state index is 0.143. The van der Waals surface area contributed by atoms with Crippen LogP contribution in [-0.2, 0) is 4.57 Å². The quantitative estimate of drug-likeness (QED) is 0.491. The number of nitrogens with one attached hydrogen (secondary N) is 2. The molecule has 2 atom stereocenters. The monoisotopic (exact) mass is 431 g/mol. The van der Waals surface area contributed by atoms with Gasteiger partial charge in [0.05, 0.1) is 0 Å². The van der Waals surface area contributed by atoms with Crippen LogP contribution in [0.3, 0.4) is 0 Å². The van der Waals surface area contributed by atoms with Crippen molar-refractivity contribution < 1.29 is 4.57 Å². The molecule has 2 unspecified atom stereocenters. The molecule has 1 aromatic carbocycles. The van der Waals surface area contributed by atoms with Crippen LogP contribution in [0.1, 0.15) is 32.6 Å². The van der Waals surface area contributed by atoms with Gasteiger partial charge in [0.25, 0.3) is 0 Å². The summed E-state index contributed by atoms with van der Waals surface area (Å²) in [6, 6.07) is 7.45. The summed E-state index contributed by atoms with van der Waals surface area (Å²) in [4.78, 5) is 12.8. The molecule has 2 bridgehead atoms. The summed E-state index contributed by atoms with van der Waals surface area (Å²) in [7, 11) is -2.27. The standard InChI is InChI=1S/C21H27ClN5OP/c1-13-8-14-10-15(9-13)16(11-14)12-23-20-25-19(22)26-21(27-20)24-17-4-6-18(7-5-17)29(2,3)28/h4-7,13-14H,8-12H2,1-3H3,(H2,23,24,25,26,27). The topological polar surface area (TPSA) is 79.8 Å². The maximum atomic E-state index is 12.2. The number of nitrogens with zero attached hydrogens (tertiary/aromatic N) is 3. The van der Waals surface area contributed by atoms with Crippen LogP contribution >= 0.6 is 18.7 Å². The summed E-state index contributed by atoms with van der Waals surface area (Å²) < 4.78 is 12.2. The minimum atomic E-state index is -2.27. The van der Waals surface area contributed by atoms with Gasteiger partial charge in [-0.3, -0.25) is 0 Å². The SMILES string of the molecule is CC1CC2=C(CNc3nc(Cl)nc(Nc4ccc(P(C)(C)=O)cc4)n3)CC(C2)C1. The van der Waals surface area contributed by atoms with Crippen LogP contribution in [0.5, 0.6) is 0 Å². The molecule has 0 aliphatic heterocycles. The Bertz CT molecular complexity index is 985. The molecule has 1 fully saturated rings. The van der Waals surface area contributed by atoms with E-state index >= 15 is 0 Å². The van der Waals surface area contributed by atoms with Crippen molar-refractivity contribution in [2.24, 2.45) is 11.8 Å². The third-order valence-electron chi connectivity index (χ3n) is 5.71. The summed E-state index contributed by atoms with van der Waals surface area (Å²) in [6.45, 7) is 6.62. The van der Waals surface area contributed by atoms with Gasteiger partial charge in [0.1, 0.15) is 7.14 Å². The molecule has 4 rings (SSSR count). The first-order valence-electron chi connectivity index (χ1n) is 10.0. The third kappa shape index (κ3) is 4.99. The highest BCUT2D eigenvalue weighted by atomic mass is 35.5. The van der Waals surface area contributed by atoms with Crippen molar-refractivity contribution >= 4 is 41.6 Å². The number of rotatable bonds is 6. The summed E-state index contributed by atoms with van der Waals surface area (Å²) in [5.74, 6) is 2.46. The molecule has 29 heavy (non-hydrogen) atoms. The number of anilines is 3. The minimum Gasteiger partial charge on any atom is -0.350 e. The van der Waals surface area contributed by atoms with Crippen molar-refractivity contribution in [3.8, 4) is 0 Å². The fourth-order valence-corrected chi connectivity index (χ4v) is 5.45. The fourth-order valence-electron chi connectivity index (χ4n) is 4.43. The second kappa shape index (κ2) is 8.08. The summed E-state index contributed by atoms with van der Waals surface area (Å²) in [5.41, 5.74) is 3.92. The van der Waals surface area contributed by atoms with Crippen LogP contribution in [0.4, 0.5) is 17.6 Å². The Labute approximate surface area is 177 Å². The Kier molecular flexibility index (Phi) is 5.67. The number of halogens is 1. The summed E-state index contributed by atoms with van der Waals surface area (Å²) in [5, 5.41) is 7.46. The lowest BCUT2D eigenvalue weighted by molar-refractivity contribution is 0.362. The van der Waals surface area contributed by atoms with Crippen molar-refractivity contribution in [2.45, 2.75) is 32.6 Å². The molecule has 2 aliphatic rings. The number of benzene rings is 1. The molecule has 0 amide bonds. The van der Waals surface area contributed by atoms with Crippen LogP contribution < -0.4 is 15.9 Å². The van der Waals surface area contributed by atoms with Crippen LogP contribution in [0.25, 0.3) is 0 Å². The first-order chi connectivity index (χ1) is 13.8. The maximum Gasteiger partial charge on any atom is 0.233 e. The molecule has 0 radical (unpaired) electrons. The van der Waals surface area contributed by atoms with E-state index in [4.69, 9.17) is 11.6 Å². The molecule has 154 valence electrons. The third-order valence-corrected chi connectivity index (χ3v) is 7.42. The molecule has 1 heterocycles. The normalized spacial score (nSPS) is 21.4. The number of aromatic nitrogens is 3. The maximum absolute atomic E-state index is 12.2. The van der Waals surface area contributed by atoms with Gasteiger partial charge in [0.15, 0.2) is 0 Å². The van der Waals surface area contributed by atoms with E-state index in [1.807, 2.05) is 24.3 Å². The first-order valence-corrected chi connectivity index (χ1v) is 13.0. The second-order valence-corrected chi connectivity index (χ2v) is 12.2. The molecule has 0 spiro atoms. The Morgan fingerprint density at radius 2 is 1.79 bits per heavy atom. The smallest absolute Gasteiger partial charge is 0.233 e.